The summed E-state index contributed by atoms with van der Waals surface area (Å²) in [6, 6.07) is 12.6. The van der Waals surface area contributed by atoms with Crippen LogP contribution in [-0.2, 0) is 0 Å². The van der Waals surface area contributed by atoms with Crippen molar-refractivity contribution in [3.8, 4) is 5.75 Å². The first-order valence-corrected chi connectivity index (χ1v) is 6.36. The molecular formula is C16H18FNO. The predicted molar refractivity (Wildman–Crippen MR) is 76.3 cm³/mol. The van der Waals surface area contributed by atoms with Crippen LogP contribution in [0.15, 0.2) is 42.5 Å². The van der Waals surface area contributed by atoms with E-state index in [9.17, 15) is 4.39 Å². The molecule has 1 N–H and O–H groups in total. The van der Waals surface area contributed by atoms with Gasteiger partial charge >= 0.3 is 0 Å². The van der Waals surface area contributed by atoms with Crippen molar-refractivity contribution in [1.82, 2.24) is 0 Å². The van der Waals surface area contributed by atoms with Crippen LogP contribution in [0.4, 0.5) is 10.1 Å². The molecule has 0 aromatic heterocycles. The van der Waals surface area contributed by atoms with Crippen molar-refractivity contribution >= 4 is 5.69 Å². The second-order valence-electron chi connectivity index (χ2n) is 4.47. The third-order valence-corrected chi connectivity index (χ3v) is 2.98. The minimum atomic E-state index is -0.324. The highest BCUT2D eigenvalue weighted by Gasteiger charge is 2.03. The maximum atomic E-state index is 13.3. The Morgan fingerprint density at radius 3 is 2.37 bits per heavy atom. The van der Waals surface area contributed by atoms with Crippen LogP contribution in [0, 0.1) is 19.7 Å². The Morgan fingerprint density at radius 2 is 1.68 bits per heavy atom. The van der Waals surface area contributed by atoms with E-state index in [-0.39, 0.29) is 5.82 Å². The lowest BCUT2D eigenvalue weighted by atomic mass is 10.1. The predicted octanol–water partition coefficient (Wildman–Crippen LogP) is 3.93. The molecular weight excluding hydrogens is 241 g/mol. The van der Waals surface area contributed by atoms with E-state index in [0.717, 1.165) is 5.69 Å². The van der Waals surface area contributed by atoms with Crippen molar-refractivity contribution < 1.29 is 9.13 Å². The number of hydrogen-bond donors (Lipinski definition) is 1. The molecule has 2 aromatic rings. The van der Waals surface area contributed by atoms with Crippen LogP contribution in [0.1, 0.15) is 11.1 Å². The summed E-state index contributed by atoms with van der Waals surface area (Å²) in [4.78, 5) is 0. The van der Waals surface area contributed by atoms with Crippen molar-refractivity contribution in [3.63, 3.8) is 0 Å². The third kappa shape index (κ3) is 3.47. The maximum Gasteiger partial charge on any atom is 0.165 e. The first-order valence-electron chi connectivity index (χ1n) is 6.36. The molecule has 0 aliphatic carbocycles. The van der Waals surface area contributed by atoms with Gasteiger partial charge in [-0.3, -0.25) is 0 Å². The highest BCUT2D eigenvalue weighted by Crippen LogP contribution is 2.19. The fourth-order valence-corrected chi connectivity index (χ4v) is 1.99. The van der Waals surface area contributed by atoms with Crippen LogP contribution in [0.5, 0.6) is 5.75 Å². The lowest BCUT2D eigenvalue weighted by Crippen LogP contribution is -2.13. The first-order chi connectivity index (χ1) is 9.18. The molecule has 3 heteroatoms. The Labute approximate surface area is 113 Å². The van der Waals surface area contributed by atoms with E-state index in [1.807, 2.05) is 6.07 Å². The van der Waals surface area contributed by atoms with E-state index in [1.165, 1.54) is 17.2 Å². The van der Waals surface area contributed by atoms with Crippen LogP contribution in [0.2, 0.25) is 0 Å². The summed E-state index contributed by atoms with van der Waals surface area (Å²) in [7, 11) is 0. The first kappa shape index (κ1) is 13.4. The van der Waals surface area contributed by atoms with Gasteiger partial charge in [-0.15, -0.1) is 0 Å². The van der Waals surface area contributed by atoms with Crippen molar-refractivity contribution in [3.05, 3.63) is 59.4 Å². The zero-order valence-electron chi connectivity index (χ0n) is 11.2. The number of hydrogen-bond acceptors (Lipinski definition) is 2. The molecule has 0 aliphatic rings. The van der Waals surface area contributed by atoms with E-state index in [0.29, 0.717) is 18.9 Å². The quantitative estimate of drug-likeness (QED) is 0.821. The SMILES string of the molecule is Cc1cccc(C)c1NCCOc1ccccc1F. The van der Waals surface area contributed by atoms with Crippen LogP contribution < -0.4 is 10.1 Å². The molecule has 0 unspecified atom stereocenters. The maximum absolute atomic E-state index is 13.3. The largest absolute Gasteiger partial charge is 0.489 e. The molecule has 0 atom stereocenters. The zero-order chi connectivity index (χ0) is 13.7. The Hall–Kier alpha value is -2.03. The van der Waals surface area contributed by atoms with Gasteiger partial charge in [-0.05, 0) is 37.1 Å². The normalized spacial score (nSPS) is 10.3. The highest BCUT2D eigenvalue weighted by atomic mass is 19.1. The molecule has 0 amide bonds. The molecule has 0 radical (unpaired) electrons. The zero-order valence-corrected chi connectivity index (χ0v) is 11.2. The van der Waals surface area contributed by atoms with Crippen LogP contribution in [0.3, 0.4) is 0 Å². The summed E-state index contributed by atoms with van der Waals surface area (Å²) < 4.78 is 18.7. The number of ether oxygens (including phenoxy) is 1. The Kier molecular flexibility index (Phi) is 4.39. The molecule has 0 bridgehead atoms. The molecule has 0 saturated heterocycles. The van der Waals surface area contributed by atoms with Gasteiger partial charge in [0.2, 0.25) is 0 Å². The fraction of sp³-hybridized carbons (Fsp3) is 0.250. The summed E-state index contributed by atoms with van der Waals surface area (Å²) in [6.45, 7) is 5.19. The second-order valence-corrected chi connectivity index (χ2v) is 4.47. The van der Waals surface area contributed by atoms with Gasteiger partial charge in [0.25, 0.3) is 0 Å². The van der Waals surface area contributed by atoms with Gasteiger partial charge in [-0.2, -0.15) is 0 Å². The molecule has 19 heavy (non-hydrogen) atoms. The molecule has 0 spiro atoms. The van der Waals surface area contributed by atoms with Gasteiger partial charge in [-0.1, -0.05) is 30.3 Å². The van der Waals surface area contributed by atoms with Gasteiger partial charge in [0, 0.05) is 12.2 Å². The average molecular weight is 259 g/mol. The Morgan fingerprint density at radius 1 is 1.00 bits per heavy atom. The van der Waals surface area contributed by atoms with Crippen molar-refractivity contribution in [2.45, 2.75) is 13.8 Å². The summed E-state index contributed by atoms with van der Waals surface area (Å²) >= 11 is 0. The summed E-state index contributed by atoms with van der Waals surface area (Å²) in [5.41, 5.74) is 3.52. The van der Waals surface area contributed by atoms with E-state index in [2.05, 4.69) is 31.3 Å². The van der Waals surface area contributed by atoms with E-state index in [1.54, 1.807) is 18.2 Å². The number of benzene rings is 2. The lowest BCUT2D eigenvalue weighted by molar-refractivity contribution is 0.315. The molecule has 2 aromatic carbocycles. The standard InChI is InChI=1S/C16H18FNO/c1-12-6-5-7-13(2)16(12)18-10-11-19-15-9-4-3-8-14(15)17/h3-9,18H,10-11H2,1-2H3. The number of halogens is 1. The molecule has 0 saturated carbocycles. The minimum absolute atomic E-state index is 0.297. The number of aryl methyl sites for hydroxylation is 2. The minimum Gasteiger partial charge on any atom is -0.489 e. The number of rotatable bonds is 5. The molecule has 2 rings (SSSR count). The monoisotopic (exact) mass is 259 g/mol. The highest BCUT2D eigenvalue weighted by molar-refractivity contribution is 5.56. The summed E-state index contributed by atoms with van der Waals surface area (Å²) in [6.07, 6.45) is 0. The molecule has 2 nitrogen and oxygen atoms in total. The molecule has 0 heterocycles. The van der Waals surface area contributed by atoms with Gasteiger partial charge < -0.3 is 10.1 Å². The summed E-state index contributed by atoms with van der Waals surface area (Å²) in [5, 5.41) is 3.32. The van der Waals surface area contributed by atoms with E-state index >= 15 is 0 Å². The second kappa shape index (κ2) is 6.23. The van der Waals surface area contributed by atoms with Crippen LogP contribution in [-0.4, -0.2) is 13.2 Å². The number of nitrogens with one attached hydrogen (secondary N) is 1. The number of para-hydroxylation sites is 2. The van der Waals surface area contributed by atoms with E-state index in [4.69, 9.17) is 4.74 Å². The molecule has 0 fully saturated rings. The Bertz CT molecular complexity index is 534. The summed E-state index contributed by atoms with van der Waals surface area (Å²) in [5.74, 6) is -0.0274. The fourth-order valence-electron chi connectivity index (χ4n) is 1.99. The van der Waals surface area contributed by atoms with E-state index < -0.39 is 0 Å². The molecule has 0 aliphatic heterocycles. The van der Waals surface area contributed by atoms with Crippen molar-refractivity contribution in [2.75, 3.05) is 18.5 Å². The Balaban J connectivity index is 1.86. The smallest absolute Gasteiger partial charge is 0.165 e. The lowest BCUT2D eigenvalue weighted by Gasteiger charge is -2.13. The third-order valence-electron chi connectivity index (χ3n) is 2.98. The molecule has 100 valence electrons. The van der Waals surface area contributed by atoms with Crippen molar-refractivity contribution in [1.29, 1.82) is 0 Å². The van der Waals surface area contributed by atoms with Crippen LogP contribution in [0.25, 0.3) is 0 Å². The van der Waals surface area contributed by atoms with Crippen LogP contribution >= 0.6 is 0 Å². The van der Waals surface area contributed by atoms with Gasteiger partial charge in [-0.25, -0.2) is 4.39 Å². The van der Waals surface area contributed by atoms with Gasteiger partial charge in [0.15, 0.2) is 11.6 Å². The van der Waals surface area contributed by atoms with Gasteiger partial charge in [0.05, 0.1) is 0 Å². The average Bonchev–Trinajstić information content (AvgIpc) is 2.39. The number of anilines is 1. The van der Waals surface area contributed by atoms with Gasteiger partial charge in [0.1, 0.15) is 6.61 Å². The van der Waals surface area contributed by atoms with Crippen molar-refractivity contribution in [2.24, 2.45) is 0 Å². The topological polar surface area (TPSA) is 21.3 Å².